The molecule has 180 valence electrons. The number of rotatable bonds is 8. The fourth-order valence-corrected chi connectivity index (χ4v) is 4.53. The van der Waals surface area contributed by atoms with E-state index in [1.807, 2.05) is 26.0 Å². The molecule has 0 fully saturated rings. The van der Waals surface area contributed by atoms with Crippen molar-refractivity contribution in [2.75, 3.05) is 25.6 Å². The highest BCUT2D eigenvalue weighted by Gasteiger charge is 2.26. The fraction of sp³-hybridized carbons (Fsp3) is 0.333. The van der Waals surface area contributed by atoms with E-state index in [0.29, 0.717) is 16.7 Å². The van der Waals surface area contributed by atoms with Crippen LogP contribution in [0.1, 0.15) is 49.2 Å². The molecule has 0 unspecified atom stereocenters. The summed E-state index contributed by atoms with van der Waals surface area (Å²) in [4.78, 5) is 49.6. The molecule has 0 saturated carbocycles. The predicted molar refractivity (Wildman–Crippen MR) is 127 cm³/mol. The topological polar surface area (TPSA) is 124 Å². The number of hydrogen-bond donors (Lipinski definition) is 2. The van der Waals surface area contributed by atoms with E-state index in [9.17, 15) is 19.2 Å². The number of nitrogens with one attached hydrogen (secondary N) is 2. The Labute approximate surface area is 200 Å². The van der Waals surface area contributed by atoms with E-state index in [1.165, 1.54) is 13.3 Å². The van der Waals surface area contributed by atoms with Crippen molar-refractivity contribution in [3.8, 4) is 0 Å². The lowest BCUT2D eigenvalue weighted by Gasteiger charge is -2.08. The second kappa shape index (κ2) is 10.5. The molecule has 0 radical (unpaired) electrons. The number of esters is 2. The molecule has 0 aliphatic heterocycles. The lowest BCUT2D eigenvalue weighted by molar-refractivity contribution is -0.146. The molecule has 9 nitrogen and oxygen atoms in total. The number of thiophene rings is 1. The normalized spacial score (nSPS) is 10.7. The molecular weight excluding hydrogens is 460 g/mol. The number of amides is 2. The van der Waals surface area contributed by atoms with E-state index in [1.54, 1.807) is 13.8 Å². The monoisotopic (exact) mass is 486 g/mol. The van der Waals surface area contributed by atoms with Crippen LogP contribution >= 0.6 is 11.3 Å². The predicted octanol–water partition coefficient (Wildman–Crippen LogP) is 3.68. The highest BCUT2D eigenvalue weighted by molar-refractivity contribution is 7.18. The second-order valence-corrected chi connectivity index (χ2v) is 8.66. The van der Waals surface area contributed by atoms with Gasteiger partial charge in [-0.05, 0) is 56.5 Å². The molecule has 2 amide bonds. The van der Waals surface area contributed by atoms with Crippen molar-refractivity contribution in [3.05, 3.63) is 51.1 Å². The number of aryl methyl sites for hydroxylation is 2. The van der Waals surface area contributed by atoms with Crippen LogP contribution in [0.3, 0.4) is 0 Å². The number of carbonyl (C=O) groups is 4. The first-order valence-corrected chi connectivity index (χ1v) is 11.4. The van der Waals surface area contributed by atoms with Gasteiger partial charge in [0.25, 0.3) is 11.8 Å². The first kappa shape index (κ1) is 25.0. The van der Waals surface area contributed by atoms with Gasteiger partial charge in [-0.3, -0.25) is 14.4 Å². The summed E-state index contributed by atoms with van der Waals surface area (Å²) in [6.45, 7) is 6.78. The van der Waals surface area contributed by atoms with Crippen molar-refractivity contribution >= 4 is 51.1 Å². The van der Waals surface area contributed by atoms with Crippen LogP contribution in [-0.4, -0.2) is 44.0 Å². The van der Waals surface area contributed by atoms with Gasteiger partial charge >= 0.3 is 11.9 Å². The van der Waals surface area contributed by atoms with Gasteiger partial charge in [-0.2, -0.15) is 0 Å². The van der Waals surface area contributed by atoms with E-state index in [4.69, 9.17) is 13.9 Å². The van der Waals surface area contributed by atoms with Crippen molar-refractivity contribution in [1.29, 1.82) is 0 Å². The van der Waals surface area contributed by atoms with Gasteiger partial charge in [-0.1, -0.05) is 0 Å². The van der Waals surface area contributed by atoms with Crippen LogP contribution in [0.2, 0.25) is 0 Å². The summed E-state index contributed by atoms with van der Waals surface area (Å²) in [5.74, 6) is -2.30. The van der Waals surface area contributed by atoms with Crippen LogP contribution in [0.5, 0.6) is 0 Å². The molecule has 0 aliphatic rings. The Bertz CT molecular complexity index is 1270. The molecule has 0 spiro atoms. The Morgan fingerprint density at radius 1 is 1.06 bits per heavy atom. The standard InChI is InChI=1S/C24H26N2O7S/c1-6-31-24(30)20-14(4)21(22(29)25-5)34-23(20)26-18(27)11-33-19(28)9-15-10-32-17-8-13(3)12(2)7-16(15)17/h7-8,10H,6,9,11H2,1-5H3,(H,25,29)(H,26,27). The Morgan fingerprint density at radius 2 is 1.76 bits per heavy atom. The second-order valence-electron chi connectivity index (χ2n) is 7.64. The van der Waals surface area contributed by atoms with Crippen LogP contribution in [0, 0.1) is 20.8 Å². The first-order chi connectivity index (χ1) is 16.2. The molecular formula is C24H26N2O7S. The van der Waals surface area contributed by atoms with Crippen molar-refractivity contribution in [1.82, 2.24) is 5.32 Å². The van der Waals surface area contributed by atoms with Crippen molar-refractivity contribution in [3.63, 3.8) is 0 Å². The summed E-state index contributed by atoms with van der Waals surface area (Å²) in [5.41, 5.74) is 3.99. The molecule has 0 bridgehead atoms. The summed E-state index contributed by atoms with van der Waals surface area (Å²) in [5, 5.41) is 6.02. The van der Waals surface area contributed by atoms with Crippen LogP contribution in [-0.2, 0) is 25.5 Å². The van der Waals surface area contributed by atoms with Gasteiger partial charge < -0.3 is 24.5 Å². The number of furan rings is 1. The number of benzene rings is 1. The van der Waals surface area contributed by atoms with Crippen LogP contribution < -0.4 is 10.6 Å². The quantitative estimate of drug-likeness (QED) is 0.466. The zero-order chi connectivity index (χ0) is 25.0. The van der Waals surface area contributed by atoms with E-state index in [-0.39, 0.29) is 28.5 Å². The highest BCUT2D eigenvalue weighted by Crippen LogP contribution is 2.34. The molecule has 0 aliphatic carbocycles. The van der Waals surface area contributed by atoms with Gasteiger partial charge in [0, 0.05) is 18.0 Å². The zero-order valence-corrected chi connectivity index (χ0v) is 20.4. The molecule has 2 heterocycles. The van der Waals surface area contributed by atoms with Crippen LogP contribution in [0.4, 0.5) is 5.00 Å². The molecule has 2 N–H and O–H groups in total. The Kier molecular flexibility index (Phi) is 7.72. The summed E-state index contributed by atoms with van der Waals surface area (Å²) in [6, 6.07) is 3.85. The maximum absolute atomic E-state index is 12.5. The van der Waals surface area contributed by atoms with Gasteiger partial charge in [0.05, 0.1) is 29.7 Å². The lowest BCUT2D eigenvalue weighted by Crippen LogP contribution is -2.22. The summed E-state index contributed by atoms with van der Waals surface area (Å²) < 4.78 is 15.7. The fourth-order valence-electron chi connectivity index (χ4n) is 3.37. The van der Waals surface area contributed by atoms with E-state index in [2.05, 4.69) is 10.6 Å². The average Bonchev–Trinajstić information content (AvgIpc) is 3.32. The SMILES string of the molecule is CCOC(=O)c1c(NC(=O)COC(=O)Cc2coc3cc(C)c(C)cc23)sc(C(=O)NC)c1C. The molecule has 3 rings (SSSR count). The minimum atomic E-state index is -0.656. The molecule has 0 saturated heterocycles. The third-order valence-electron chi connectivity index (χ3n) is 5.28. The van der Waals surface area contributed by atoms with Gasteiger partial charge in [-0.15, -0.1) is 11.3 Å². The minimum absolute atomic E-state index is 0.0597. The van der Waals surface area contributed by atoms with Crippen molar-refractivity contribution < 1.29 is 33.1 Å². The van der Waals surface area contributed by atoms with E-state index >= 15 is 0 Å². The van der Waals surface area contributed by atoms with Gasteiger partial charge in [0.1, 0.15) is 10.6 Å². The van der Waals surface area contributed by atoms with Crippen LogP contribution in [0.15, 0.2) is 22.8 Å². The Morgan fingerprint density at radius 3 is 2.44 bits per heavy atom. The summed E-state index contributed by atoms with van der Waals surface area (Å²) >= 11 is 0.946. The smallest absolute Gasteiger partial charge is 0.341 e. The molecule has 10 heteroatoms. The Hall–Kier alpha value is -3.66. The molecule has 2 aromatic heterocycles. The number of carbonyl (C=O) groups excluding carboxylic acids is 4. The molecule has 1 aromatic carbocycles. The minimum Gasteiger partial charge on any atom is -0.464 e. The number of anilines is 1. The summed E-state index contributed by atoms with van der Waals surface area (Å²) in [7, 11) is 1.47. The molecule has 34 heavy (non-hydrogen) atoms. The zero-order valence-electron chi connectivity index (χ0n) is 19.6. The van der Waals surface area contributed by atoms with Crippen LogP contribution in [0.25, 0.3) is 11.0 Å². The third kappa shape index (κ3) is 5.28. The maximum Gasteiger partial charge on any atom is 0.341 e. The maximum atomic E-state index is 12.5. The van der Waals surface area contributed by atoms with E-state index in [0.717, 1.165) is 27.8 Å². The number of fused-ring (bicyclic) bond motifs is 1. The lowest BCUT2D eigenvalue weighted by atomic mass is 10.0. The largest absolute Gasteiger partial charge is 0.464 e. The summed E-state index contributed by atoms with van der Waals surface area (Å²) in [6.07, 6.45) is 1.45. The average molecular weight is 487 g/mol. The Balaban J connectivity index is 1.68. The van der Waals surface area contributed by atoms with E-state index < -0.39 is 30.4 Å². The number of ether oxygens (including phenoxy) is 2. The van der Waals surface area contributed by atoms with Crippen molar-refractivity contribution in [2.24, 2.45) is 0 Å². The number of hydrogen-bond acceptors (Lipinski definition) is 8. The van der Waals surface area contributed by atoms with Gasteiger partial charge in [0.2, 0.25) is 0 Å². The third-order valence-corrected chi connectivity index (χ3v) is 6.49. The van der Waals surface area contributed by atoms with Gasteiger partial charge in [-0.25, -0.2) is 4.79 Å². The highest BCUT2D eigenvalue weighted by atomic mass is 32.1. The van der Waals surface area contributed by atoms with Crippen molar-refractivity contribution in [2.45, 2.75) is 34.1 Å². The molecule has 3 aromatic rings. The van der Waals surface area contributed by atoms with Gasteiger partial charge in [0.15, 0.2) is 6.61 Å². The first-order valence-electron chi connectivity index (χ1n) is 10.6. The molecule has 0 atom stereocenters.